The van der Waals surface area contributed by atoms with Crippen molar-refractivity contribution in [1.29, 1.82) is 0 Å². The minimum atomic E-state index is 0.435. The van der Waals surface area contributed by atoms with Crippen LogP contribution in [0.15, 0.2) is 0 Å². The zero-order chi connectivity index (χ0) is 8.27. The monoisotopic (exact) mass is 158 g/mol. The average molecular weight is 158 g/mol. The molecule has 11 heavy (non-hydrogen) atoms. The Balaban J connectivity index is 2.17. The van der Waals surface area contributed by atoms with Crippen molar-refractivity contribution < 1.29 is 4.84 Å². The molecule has 66 valence electrons. The van der Waals surface area contributed by atoms with Crippen LogP contribution in [0.3, 0.4) is 0 Å². The highest BCUT2D eigenvalue weighted by Crippen LogP contribution is 2.24. The van der Waals surface area contributed by atoms with Crippen molar-refractivity contribution in [2.45, 2.75) is 25.3 Å². The molecule has 1 aliphatic carbocycles. The lowest BCUT2D eigenvalue weighted by molar-refractivity contribution is -0.117. The molecule has 0 aromatic carbocycles. The van der Waals surface area contributed by atoms with Crippen LogP contribution in [0.1, 0.15) is 19.3 Å². The molecule has 1 saturated carbocycles. The number of nitrogens with two attached hydrogens (primary N) is 1. The van der Waals surface area contributed by atoms with Crippen LogP contribution in [0.2, 0.25) is 0 Å². The summed E-state index contributed by atoms with van der Waals surface area (Å²) in [5.74, 6) is 0.745. The third-order valence-corrected chi connectivity index (χ3v) is 2.41. The van der Waals surface area contributed by atoms with E-state index in [0.29, 0.717) is 6.04 Å². The predicted molar refractivity (Wildman–Crippen MR) is 45.0 cm³/mol. The first-order chi connectivity index (χ1) is 5.22. The summed E-state index contributed by atoms with van der Waals surface area (Å²) in [4.78, 5) is 5.04. The van der Waals surface area contributed by atoms with Crippen LogP contribution in [0.4, 0.5) is 0 Å². The lowest BCUT2D eigenvalue weighted by Crippen LogP contribution is -2.24. The first-order valence-corrected chi connectivity index (χ1v) is 4.23. The molecule has 2 atom stereocenters. The van der Waals surface area contributed by atoms with E-state index in [1.807, 2.05) is 12.1 Å². The smallest absolute Gasteiger partial charge is 0.0575 e. The zero-order valence-corrected chi connectivity index (χ0v) is 7.42. The van der Waals surface area contributed by atoms with Gasteiger partial charge in [-0.15, -0.1) is 0 Å². The molecule has 1 aliphatic rings. The molecular weight excluding hydrogens is 140 g/mol. The lowest BCUT2D eigenvalue weighted by Gasteiger charge is -2.17. The second-order valence-corrected chi connectivity index (χ2v) is 3.43. The summed E-state index contributed by atoms with van der Waals surface area (Å²) in [5.41, 5.74) is 5.78. The summed E-state index contributed by atoms with van der Waals surface area (Å²) < 4.78 is 0. The summed E-state index contributed by atoms with van der Waals surface area (Å²) >= 11 is 0. The van der Waals surface area contributed by atoms with Crippen LogP contribution >= 0.6 is 0 Å². The normalized spacial score (nSPS) is 31.6. The Labute approximate surface area is 68.5 Å². The molecule has 3 heteroatoms. The van der Waals surface area contributed by atoms with Gasteiger partial charge in [0, 0.05) is 19.6 Å². The van der Waals surface area contributed by atoms with Gasteiger partial charge in [0.1, 0.15) is 0 Å². The third-order valence-electron chi connectivity index (χ3n) is 2.41. The molecule has 0 heterocycles. The first kappa shape index (κ1) is 8.97. The van der Waals surface area contributed by atoms with Crippen LogP contribution in [-0.4, -0.2) is 31.8 Å². The summed E-state index contributed by atoms with van der Waals surface area (Å²) in [7, 11) is 3.67. The van der Waals surface area contributed by atoms with Crippen molar-refractivity contribution in [1.82, 2.24) is 5.06 Å². The van der Waals surface area contributed by atoms with Gasteiger partial charge in [0.2, 0.25) is 0 Å². The minimum absolute atomic E-state index is 0.435. The molecule has 0 aliphatic heterocycles. The maximum atomic E-state index is 5.78. The fourth-order valence-corrected chi connectivity index (χ4v) is 1.72. The van der Waals surface area contributed by atoms with Gasteiger partial charge in [-0.25, -0.2) is 0 Å². The molecule has 1 rings (SSSR count). The minimum Gasteiger partial charge on any atom is -0.328 e. The molecule has 0 aromatic rings. The van der Waals surface area contributed by atoms with E-state index in [0.717, 1.165) is 18.9 Å². The van der Waals surface area contributed by atoms with Gasteiger partial charge in [-0.2, -0.15) is 5.06 Å². The quantitative estimate of drug-likeness (QED) is 0.611. The fraction of sp³-hybridized carbons (Fsp3) is 1.00. The molecule has 2 unspecified atom stereocenters. The Morgan fingerprint density at radius 3 is 2.73 bits per heavy atom. The van der Waals surface area contributed by atoms with E-state index >= 15 is 0 Å². The third kappa shape index (κ3) is 2.77. The van der Waals surface area contributed by atoms with Crippen LogP contribution in [-0.2, 0) is 4.84 Å². The highest BCUT2D eigenvalue weighted by atomic mass is 16.7. The largest absolute Gasteiger partial charge is 0.328 e. The van der Waals surface area contributed by atoms with E-state index in [4.69, 9.17) is 10.6 Å². The highest BCUT2D eigenvalue weighted by Gasteiger charge is 2.22. The molecule has 0 saturated heterocycles. The van der Waals surface area contributed by atoms with Crippen LogP contribution in [0, 0.1) is 5.92 Å². The molecule has 0 aromatic heterocycles. The van der Waals surface area contributed by atoms with Crippen molar-refractivity contribution in [2.24, 2.45) is 11.7 Å². The molecule has 0 bridgehead atoms. The fourth-order valence-electron chi connectivity index (χ4n) is 1.72. The van der Waals surface area contributed by atoms with Gasteiger partial charge >= 0.3 is 0 Å². The number of nitrogens with zero attached hydrogens (tertiary/aromatic N) is 1. The molecular formula is C8H18N2O. The van der Waals surface area contributed by atoms with Gasteiger partial charge in [0.25, 0.3) is 0 Å². The van der Waals surface area contributed by atoms with E-state index in [1.165, 1.54) is 12.8 Å². The number of hydrogen-bond donors (Lipinski definition) is 1. The van der Waals surface area contributed by atoms with Gasteiger partial charge in [-0.1, -0.05) is 0 Å². The summed E-state index contributed by atoms with van der Waals surface area (Å²) in [6.07, 6.45) is 3.60. The van der Waals surface area contributed by atoms with Gasteiger partial charge in [-0.05, 0) is 25.2 Å². The Hall–Kier alpha value is -0.120. The molecule has 0 radical (unpaired) electrons. The van der Waals surface area contributed by atoms with E-state index in [-0.39, 0.29) is 0 Å². The molecule has 0 amide bonds. The van der Waals surface area contributed by atoms with Gasteiger partial charge in [0.15, 0.2) is 0 Å². The maximum Gasteiger partial charge on any atom is 0.0575 e. The van der Waals surface area contributed by atoms with Crippen LogP contribution in [0.25, 0.3) is 0 Å². The maximum absolute atomic E-state index is 5.78. The Morgan fingerprint density at radius 2 is 2.27 bits per heavy atom. The molecule has 1 fully saturated rings. The van der Waals surface area contributed by atoms with Crippen molar-refractivity contribution in [2.75, 3.05) is 20.7 Å². The highest BCUT2D eigenvalue weighted by molar-refractivity contribution is 4.78. The van der Waals surface area contributed by atoms with Crippen molar-refractivity contribution >= 4 is 0 Å². The second kappa shape index (κ2) is 4.04. The Morgan fingerprint density at radius 1 is 1.55 bits per heavy atom. The molecule has 2 N–H and O–H groups in total. The van der Waals surface area contributed by atoms with Gasteiger partial charge in [0.05, 0.1) is 7.11 Å². The van der Waals surface area contributed by atoms with Crippen LogP contribution in [0.5, 0.6) is 0 Å². The van der Waals surface area contributed by atoms with Crippen molar-refractivity contribution in [3.63, 3.8) is 0 Å². The SMILES string of the molecule is CON(C)CC1CCC(N)C1. The second-order valence-electron chi connectivity index (χ2n) is 3.43. The lowest BCUT2D eigenvalue weighted by atomic mass is 10.1. The van der Waals surface area contributed by atoms with Crippen molar-refractivity contribution in [3.8, 4) is 0 Å². The summed E-state index contributed by atoms with van der Waals surface area (Å²) in [6.45, 7) is 1.02. The summed E-state index contributed by atoms with van der Waals surface area (Å²) in [6, 6.07) is 0.435. The van der Waals surface area contributed by atoms with Crippen molar-refractivity contribution in [3.05, 3.63) is 0 Å². The summed E-state index contributed by atoms with van der Waals surface area (Å²) in [5, 5.41) is 1.88. The van der Waals surface area contributed by atoms with E-state index in [9.17, 15) is 0 Å². The topological polar surface area (TPSA) is 38.5 Å². The van der Waals surface area contributed by atoms with Gasteiger partial charge < -0.3 is 10.6 Å². The average Bonchev–Trinajstić information content (AvgIpc) is 2.35. The Kier molecular flexibility index (Phi) is 3.30. The van der Waals surface area contributed by atoms with Crippen LogP contribution < -0.4 is 5.73 Å². The zero-order valence-electron chi connectivity index (χ0n) is 7.42. The number of hydrogen-bond acceptors (Lipinski definition) is 3. The van der Waals surface area contributed by atoms with Gasteiger partial charge in [-0.3, -0.25) is 0 Å². The molecule has 0 spiro atoms. The van der Waals surface area contributed by atoms with E-state index in [1.54, 1.807) is 7.11 Å². The Bertz CT molecular complexity index is 119. The molecule has 3 nitrogen and oxygen atoms in total. The first-order valence-electron chi connectivity index (χ1n) is 4.23. The standard InChI is InChI=1S/C8H18N2O/c1-10(11-2)6-7-3-4-8(9)5-7/h7-8H,3-6,9H2,1-2H3. The van der Waals surface area contributed by atoms with E-state index < -0.39 is 0 Å². The number of rotatable bonds is 3. The number of hydroxylamine groups is 2. The van der Waals surface area contributed by atoms with E-state index in [2.05, 4.69) is 0 Å². The predicted octanol–water partition coefficient (Wildman–Crippen LogP) is 0.607.